The van der Waals surface area contributed by atoms with E-state index < -0.39 is 0 Å². The largest absolute Gasteiger partial charge is 0.487 e. The molecule has 3 nitrogen and oxygen atoms in total. The first-order valence-electron chi connectivity index (χ1n) is 6.51. The Kier molecular flexibility index (Phi) is 6.30. The number of hydrogen-bond donors (Lipinski definition) is 1. The fraction of sp³-hybridized carbons (Fsp3) is 0.600. The predicted molar refractivity (Wildman–Crippen MR) is 82.7 cm³/mol. The van der Waals surface area contributed by atoms with E-state index in [4.69, 9.17) is 9.47 Å². The van der Waals surface area contributed by atoms with E-state index in [2.05, 4.69) is 54.2 Å². The molecular weight excluding hydrogens is 306 g/mol. The van der Waals surface area contributed by atoms with Crippen LogP contribution >= 0.6 is 15.9 Å². The Morgan fingerprint density at radius 3 is 2.53 bits per heavy atom. The molecular formula is C15H24BrNO2. The van der Waals surface area contributed by atoms with Gasteiger partial charge in [0.25, 0.3) is 0 Å². The standard InChI is InChI=1S/C15H24BrNO2/c1-11(10-18-5)19-14-7-6-12(8-13(14)16)9-17-15(2,3)4/h6-8,11,17H,9-10H2,1-5H3. The van der Waals surface area contributed by atoms with Crippen molar-refractivity contribution >= 4 is 15.9 Å². The van der Waals surface area contributed by atoms with Gasteiger partial charge in [-0.1, -0.05) is 6.07 Å². The minimum atomic E-state index is 0.0415. The maximum absolute atomic E-state index is 5.79. The zero-order valence-electron chi connectivity index (χ0n) is 12.4. The summed E-state index contributed by atoms with van der Waals surface area (Å²) in [5, 5.41) is 3.46. The van der Waals surface area contributed by atoms with Gasteiger partial charge in [0.1, 0.15) is 11.9 Å². The minimum absolute atomic E-state index is 0.0415. The number of nitrogens with one attached hydrogen (secondary N) is 1. The smallest absolute Gasteiger partial charge is 0.134 e. The Bertz CT molecular complexity index is 402. The Morgan fingerprint density at radius 1 is 1.32 bits per heavy atom. The normalized spacial score (nSPS) is 13.4. The molecule has 0 saturated carbocycles. The monoisotopic (exact) mass is 329 g/mol. The van der Waals surface area contributed by atoms with Crippen LogP contribution < -0.4 is 10.1 Å². The molecule has 1 aromatic carbocycles. The number of methoxy groups -OCH3 is 1. The zero-order valence-corrected chi connectivity index (χ0v) is 14.0. The van der Waals surface area contributed by atoms with Crippen LogP contribution in [0.4, 0.5) is 0 Å². The molecule has 0 saturated heterocycles. The fourth-order valence-electron chi connectivity index (χ4n) is 1.60. The van der Waals surface area contributed by atoms with Crippen molar-refractivity contribution in [2.75, 3.05) is 13.7 Å². The van der Waals surface area contributed by atoms with Crippen LogP contribution in [0.5, 0.6) is 5.75 Å². The molecule has 0 aromatic heterocycles. The molecule has 108 valence electrons. The van der Waals surface area contributed by atoms with Gasteiger partial charge in [0.05, 0.1) is 11.1 Å². The highest BCUT2D eigenvalue weighted by atomic mass is 79.9. The lowest BCUT2D eigenvalue weighted by atomic mass is 10.1. The summed E-state index contributed by atoms with van der Waals surface area (Å²) in [4.78, 5) is 0. The summed E-state index contributed by atoms with van der Waals surface area (Å²) in [7, 11) is 1.68. The van der Waals surface area contributed by atoms with Crippen molar-refractivity contribution in [2.45, 2.75) is 45.9 Å². The van der Waals surface area contributed by atoms with Crippen molar-refractivity contribution in [3.63, 3.8) is 0 Å². The van der Waals surface area contributed by atoms with E-state index in [9.17, 15) is 0 Å². The van der Waals surface area contributed by atoms with Gasteiger partial charge >= 0.3 is 0 Å². The highest BCUT2D eigenvalue weighted by Crippen LogP contribution is 2.27. The van der Waals surface area contributed by atoms with Crippen molar-refractivity contribution in [1.82, 2.24) is 5.32 Å². The Balaban J connectivity index is 2.64. The molecule has 0 amide bonds. The molecule has 1 N–H and O–H groups in total. The SMILES string of the molecule is COCC(C)Oc1ccc(CNC(C)(C)C)cc1Br. The fourth-order valence-corrected chi connectivity index (χ4v) is 2.12. The highest BCUT2D eigenvalue weighted by Gasteiger charge is 2.10. The molecule has 0 radical (unpaired) electrons. The van der Waals surface area contributed by atoms with Crippen LogP contribution in [0.1, 0.15) is 33.3 Å². The van der Waals surface area contributed by atoms with E-state index in [-0.39, 0.29) is 11.6 Å². The van der Waals surface area contributed by atoms with E-state index in [1.54, 1.807) is 7.11 Å². The van der Waals surface area contributed by atoms with Gasteiger partial charge in [0.2, 0.25) is 0 Å². The first-order valence-corrected chi connectivity index (χ1v) is 7.30. The average molecular weight is 330 g/mol. The molecule has 0 bridgehead atoms. The average Bonchev–Trinajstić information content (AvgIpc) is 2.29. The van der Waals surface area contributed by atoms with Crippen LogP contribution in [0.3, 0.4) is 0 Å². The minimum Gasteiger partial charge on any atom is -0.487 e. The summed E-state index contributed by atoms with van der Waals surface area (Å²) in [6.07, 6.45) is 0.0415. The Hall–Kier alpha value is -0.580. The third kappa shape index (κ3) is 6.41. The van der Waals surface area contributed by atoms with Crippen LogP contribution in [0, 0.1) is 0 Å². The van der Waals surface area contributed by atoms with E-state index in [0.29, 0.717) is 6.61 Å². The summed E-state index contributed by atoms with van der Waals surface area (Å²) in [5.74, 6) is 0.851. The first kappa shape index (κ1) is 16.5. The van der Waals surface area contributed by atoms with Crippen molar-refractivity contribution in [1.29, 1.82) is 0 Å². The maximum atomic E-state index is 5.79. The lowest BCUT2D eigenvalue weighted by Gasteiger charge is -2.21. The second-order valence-corrected chi connectivity index (χ2v) is 6.61. The van der Waals surface area contributed by atoms with Crippen molar-refractivity contribution in [3.8, 4) is 5.75 Å². The van der Waals surface area contributed by atoms with Gasteiger partial charge in [-0.2, -0.15) is 0 Å². The van der Waals surface area contributed by atoms with E-state index in [1.165, 1.54) is 5.56 Å². The second-order valence-electron chi connectivity index (χ2n) is 5.75. The Labute approximate surface area is 124 Å². The topological polar surface area (TPSA) is 30.5 Å². The van der Waals surface area contributed by atoms with Gasteiger partial charge < -0.3 is 14.8 Å². The molecule has 1 unspecified atom stereocenters. The lowest BCUT2D eigenvalue weighted by Crippen LogP contribution is -2.35. The van der Waals surface area contributed by atoms with Gasteiger partial charge in [-0.15, -0.1) is 0 Å². The first-order chi connectivity index (χ1) is 8.81. The molecule has 0 spiro atoms. The van der Waals surface area contributed by atoms with Crippen LogP contribution in [-0.2, 0) is 11.3 Å². The van der Waals surface area contributed by atoms with Gasteiger partial charge in [-0.3, -0.25) is 0 Å². The molecule has 4 heteroatoms. The van der Waals surface area contributed by atoms with Crippen LogP contribution in [0.2, 0.25) is 0 Å². The predicted octanol–water partition coefficient (Wildman–Crippen LogP) is 3.75. The number of halogens is 1. The summed E-state index contributed by atoms with van der Waals surface area (Å²) in [6, 6.07) is 6.17. The van der Waals surface area contributed by atoms with Crippen LogP contribution in [-0.4, -0.2) is 25.4 Å². The number of hydrogen-bond acceptors (Lipinski definition) is 3. The van der Waals surface area contributed by atoms with Gasteiger partial charge in [0, 0.05) is 19.2 Å². The lowest BCUT2D eigenvalue weighted by molar-refractivity contribution is 0.0915. The maximum Gasteiger partial charge on any atom is 0.134 e. The summed E-state index contributed by atoms with van der Waals surface area (Å²) < 4.78 is 11.8. The molecule has 0 aliphatic heterocycles. The molecule has 1 atom stereocenters. The van der Waals surface area contributed by atoms with Gasteiger partial charge in [-0.25, -0.2) is 0 Å². The molecule has 0 aliphatic rings. The number of rotatable bonds is 6. The van der Waals surface area contributed by atoms with Gasteiger partial charge in [0.15, 0.2) is 0 Å². The molecule has 1 rings (SSSR count). The number of benzene rings is 1. The van der Waals surface area contributed by atoms with E-state index in [0.717, 1.165) is 16.8 Å². The zero-order chi connectivity index (χ0) is 14.5. The summed E-state index contributed by atoms with van der Waals surface area (Å²) in [5.41, 5.74) is 1.35. The summed E-state index contributed by atoms with van der Waals surface area (Å²) in [6.45, 7) is 9.89. The van der Waals surface area contributed by atoms with Crippen LogP contribution in [0.15, 0.2) is 22.7 Å². The van der Waals surface area contributed by atoms with Crippen molar-refractivity contribution in [2.24, 2.45) is 0 Å². The van der Waals surface area contributed by atoms with Crippen molar-refractivity contribution < 1.29 is 9.47 Å². The number of ether oxygens (including phenoxy) is 2. The highest BCUT2D eigenvalue weighted by molar-refractivity contribution is 9.10. The molecule has 0 heterocycles. The van der Waals surface area contributed by atoms with E-state index in [1.807, 2.05) is 13.0 Å². The Morgan fingerprint density at radius 2 is 2.00 bits per heavy atom. The summed E-state index contributed by atoms with van der Waals surface area (Å²) >= 11 is 3.55. The van der Waals surface area contributed by atoms with Gasteiger partial charge in [-0.05, 0) is 61.3 Å². The van der Waals surface area contributed by atoms with E-state index >= 15 is 0 Å². The second kappa shape index (κ2) is 7.27. The molecule has 1 aromatic rings. The third-order valence-corrected chi connectivity index (χ3v) is 3.17. The molecule has 19 heavy (non-hydrogen) atoms. The van der Waals surface area contributed by atoms with Crippen LogP contribution in [0.25, 0.3) is 0 Å². The molecule has 0 fully saturated rings. The third-order valence-electron chi connectivity index (χ3n) is 2.55. The quantitative estimate of drug-likeness (QED) is 0.862. The molecule has 0 aliphatic carbocycles. The van der Waals surface area contributed by atoms with Crippen molar-refractivity contribution in [3.05, 3.63) is 28.2 Å².